The van der Waals surface area contributed by atoms with E-state index in [-0.39, 0.29) is 0 Å². The molecule has 0 bridgehead atoms. The molecular weight excluding hydrogens is 238 g/mol. The summed E-state index contributed by atoms with van der Waals surface area (Å²) in [6, 6.07) is 4.78. The number of methoxy groups -OCH3 is 1. The van der Waals surface area contributed by atoms with Gasteiger partial charge in [0.05, 0.1) is 13.2 Å². The number of benzene rings is 1. The maximum absolute atomic E-state index is 5.72. The summed E-state index contributed by atoms with van der Waals surface area (Å²) in [5.41, 5.74) is 3.57. The zero-order valence-corrected chi connectivity index (χ0v) is 12.5. The van der Waals surface area contributed by atoms with Gasteiger partial charge in [-0.3, -0.25) is 0 Å². The Hall–Kier alpha value is -1.22. The number of ether oxygens (including phenoxy) is 2. The van der Waals surface area contributed by atoms with Gasteiger partial charge in [-0.05, 0) is 44.7 Å². The van der Waals surface area contributed by atoms with E-state index in [2.05, 4.69) is 38.2 Å². The maximum Gasteiger partial charge on any atom is 0.126 e. The number of rotatable bonds is 4. The summed E-state index contributed by atoms with van der Waals surface area (Å²) in [7, 11) is 1.74. The van der Waals surface area contributed by atoms with Gasteiger partial charge in [0.15, 0.2) is 0 Å². The van der Waals surface area contributed by atoms with E-state index in [0.717, 1.165) is 31.6 Å². The van der Waals surface area contributed by atoms with Crippen molar-refractivity contribution in [3.05, 3.63) is 23.3 Å². The average Bonchev–Trinajstić information content (AvgIpc) is 2.43. The van der Waals surface area contributed by atoms with Gasteiger partial charge in [0.25, 0.3) is 0 Å². The van der Waals surface area contributed by atoms with Crippen LogP contribution in [0.5, 0.6) is 5.75 Å². The summed E-state index contributed by atoms with van der Waals surface area (Å²) in [5, 5.41) is 3.66. The zero-order valence-electron chi connectivity index (χ0n) is 12.5. The molecule has 1 heterocycles. The monoisotopic (exact) mass is 263 g/mol. The van der Waals surface area contributed by atoms with Crippen molar-refractivity contribution in [3.8, 4) is 5.75 Å². The molecule has 0 aromatic heterocycles. The Morgan fingerprint density at radius 1 is 1.37 bits per heavy atom. The molecular formula is C16H25NO2. The molecule has 3 heteroatoms. The summed E-state index contributed by atoms with van der Waals surface area (Å²) >= 11 is 0. The molecule has 1 aliphatic rings. The molecule has 1 aromatic rings. The van der Waals surface area contributed by atoms with Crippen LogP contribution in [0.1, 0.15) is 37.3 Å². The normalized spacial score (nSPS) is 23.2. The predicted molar refractivity (Wildman–Crippen MR) is 79.1 cm³/mol. The van der Waals surface area contributed by atoms with Gasteiger partial charge >= 0.3 is 0 Å². The van der Waals surface area contributed by atoms with Gasteiger partial charge < -0.3 is 14.8 Å². The summed E-state index contributed by atoms with van der Waals surface area (Å²) in [5.74, 6) is 0.990. The van der Waals surface area contributed by atoms with Crippen LogP contribution in [0.4, 0.5) is 5.69 Å². The lowest BCUT2D eigenvalue weighted by atomic mass is 10.00. The minimum Gasteiger partial charge on any atom is -0.496 e. The fourth-order valence-corrected chi connectivity index (χ4v) is 2.81. The molecule has 19 heavy (non-hydrogen) atoms. The second-order valence-electron chi connectivity index (χ2n) is 5.35. The largest absolute Gasteiger partial charge is 0.496 e. The smallest absolute Gasteiger partial charge is 0.126 e. The molecule has 2 unspecified atom stereocenters. The predicted octanol–water partition coefficient (Wildman–Crippen LogP) is 3.68. The summed E-state index contributed by atoms with van der Waals surface area (Å²) in [6.45, 7) is 7.24. The molecule has 0 radical (unpaired) electrons. The SMILES string of the molecule is CCC1CC(Nc2ccc(C)c(OC)c2C)CCO1. The lowest BCUT2D eigenvalue weighted by Crippen LogP contribution is -2.33. The molecule has 0 saturated carbocycles. The Bertz CT molecular complexity index is 431. The van der Waals surface area contributed by atoms with E-state index < -0.39 is 0 Å². The van der Waals surface area contributed by atoms with Gasteiger partial charge in [-0.25, -0.2) is 0 Å². The first-order chi connectivity index (χ1) is 9.15. The van der Waals surface area contributed by atoms with Gasteiger partial charge in [-0.15, -0.1) is 0 Å². The molecule has 1 N–H and O–H groups in total. The van der Waals surface area contributed by atoms with Gasteiger partial charge in [0.2, 0.25) is 0 Å². The van der Waals surface area contributed by atoms with Gasteiger partial charge in [-0.1, -0.05) is 13.0 Å². The molecule has 0 aliphatic carbocycles. The third kappa shape index (κ3) is 3.21. The van der Waals surface area contributed by atoms with E-state index in [4.69, 9.17) is 9.47 Å². The third-order valence-corrected chi connectivity index (χ3v) is 3.99. The molecule has 1 aliphatic heterocycles. The zero-order chi connectivity index (χ0) is 13.8. The van der Waals surface area contributed by atoms with Crippen molar-refractivity contribution in [2.45, 2.75) is 52.2 Å². The van der Waals surface area contributed by atoms with Gasteiger partial charge in [0.1, 0.15) is 5.75 Å². The van der Waals surface area contributed by atoms with E-state index in [1.165, 1.54) is 16.8 Å². The standard InChI is InChI=1S/C16H25NO2/c1-5-14-10-13(8-9-19-14)17-15-7-6-11(2)16(18-4)12(15)3/h6-7,13-14,17H,5,8-10H2,1-4H3. The van der Waals surface area contributed by atoms with Crippen molar-refractivity contribution in [1.29, 1.82) is 0 Å². The minimum atomic E-state index is 0.402. The van der Waals surface area contributed by atoms with E-state index >= 15 is 0 Å². The average molecular weight is 263 g/mol. The Morgan fingerprint density at radius 3 is 2.84 bits per heavy atom. The van der Waals surface area contributed by atoms with E-state index in [1.54, 1.807) is 7.11 Å². The highest BCUT2D eigenvalue weighted by Gasteiger charge is 2.22. The number of nitrogens with one attached hydrogen (secondary N) is 1. The first kappa shape index (κ1) is 14.2. The fraction of sp³-hybridized carbons (Fsp3) is 0.625. The van der Waals surface area contributed by atoms with Crippen LogP contribution in [0, 0.1) is 13.8 Å². The van der Waals surface area contributed by atoms with Crippen molar-refractivity contribution in [3.63, 3.8) is 0 Å². The fourth-order valence-electron chi connectivity index (χ4n) is 2.81. The number of aryl methyl sites for hydroxylation is 1. The highest BCUT2D eigenvalue weighted by atomic mass is 16.5. The van der Waals surface area contributed by atoms with Crippen LogP contribution >= 0.6 is 0 Å². The summed E-state index contributed by atoms with van der Waals surface area (Å²) < 4.78 is 11.2. The van der Waals surface area contributed by atoms with E-state index in [9.17, 15) is 0 Å². The molecule has 2 rings (SSSR count). The molecule has 106 valence electrons. The molecule has 0 amide bonds. The molecule has 0 spiro atoms. The molecule has 3 nitrogen and oxygen atoms in total. The first-order valence-electron chi connectivity index (χ1n) is 7.18. The molecule has 1 saturated heterocycles. The molecule has 2 atom stereocenters. The van der Waals surface area contributed by atoms with Crippen molar-refractivity contribution in [1.82, 2.24) is 0 Å². The Balaban J connectivity index is 2.10. The van der Waals surface area contributed by atoms with Crippen LogP contribution in [0.15, 0.2) is 12.1 Å². The van der Waals surface area contributed by atoms with Crippen LogP contribution in [0.2, 0.25) is 0 Å². The van der Waals surface area contributed by atoms with Crippen LogP contribution < -0.4 is 10.1 Å². The number of anilines is 1. The van der Waals surface area contributed by atoms with Crippen LogP contribution in [-0.2, 0) is 4.74 Å². The van der Waals surface area contributed by atoms with E-state index in [1.807, 2.05) is 0 Å². The third-order valence-electron chi connectivity index (χ3n) is 3.99. The Labute approximate surface area is 116 Å². The van der Waals surface area contributed by atoms with Crippen molar-refractivity contribution in [2.24, 2.45) is 0 Å². The van der Waals surface area contributed by atoms with Crippen molar-refractivity contribution >= 4 is 5.69 Å². The second kappa shape index (κ2) is 6.29. The number of hydrogen-bond donors (Lipinski definition) is 1. The Morgan fingerprint density at radius 2 is 2.16 bits per heavy atom. The van der Waals surface area contributed by atoms with Crippen LogP contribution in [0.3, 0.4) is 0 Å². The summed E-state index contributed by atoms with van der Waals surface area (Å²) in [6.07, 6.45) is 3.66. The molecule has 1 aromatic carbocycles. The van der Waals surface area contributed by atoms with Crippen molar-refractivity contribution in [2.75, 3.05) is 19.0 Å². The lowest BCUT2D eigenvalue weighted by Gasteiger charge is -2.31. The van der Waals surface area contributed by atoms with Crippen molar-refractivity contribution < 1.29 is 9.47 Å². The van der Waals surface area contributed by atoms with Gasteiger partial charge in [0, 0.05) is 23.9 Å². The quantitative estimate of drug-likeness (QED) is 0.899. The van der Waals surface area contributed by atoms with Gasteiger partial charge in [-0.2, -0.15) is 0 Å². The lowest BCUT2D eigenvalue weighted by molar-refractivity contribution is 0.00924. The van der Waals surface area contributed by atoms with Crippen LogP contribution in [0.25, 0.3) is 0 Å². The van der Waals surface area contributed by atoms with E-state index in [0.29, 0.717) is 12.1 Å². The highest BCUT2D eigenvalue weighted by molar-refractivity contribution is 5.60. The second-order valence-corrected chi connectivity index (χ2v) is 5.35. The number of hydrogen-bond acceptors (Lipinski definition) is 3. The first-order valence-corrected chi connectivity index (χ1v) is 7.18. The Kier molecular flexibility index (Phi) is 4.70. The topological polar surface area (TPSA) is 30.5 Å². The highest BCUT2D eigenvalue weighted by Crippen LogP contribution is 2.31. The van der Waals surface area contributed by atoms with Crippen LogP contribution in [-0.4, -0.2) is 25.9 Å². The molecule has 1 fully saturated rings. The minimum absolute atomic E-state index is 0.402. The maximum atomic E-state index is 5.72. The summed E-state index contributed by atoms with van der Waals surface area (Å²) in [4.78, 5) is 0.